The number of anilines is 2. The highest BCUT2D eigenvalue weighted by molar-refractivity contribution is 7.92. The highest BCUT2D eigenvalue weighted by atomic mass is 32.2. The van der Waals surface area contributed by atoms with Gasteiger partial charge in [-0.2, -0.15) is 26.3 Å². The molecule has 3 aromatic rings. The predicted octanol–water partition coefficient (Wildman–Crippen LogP) is 6.52. The number of rotatable bonds is 8. The molecule has 1 aliphatic carbocycles. The van der Waals surface area contributed by atoms with E-state index in [9.17, 15) is 34.8 Å². The highest BCUT2D eigenvalue weighted by Gasteiger charge is 2.46. The summed E-state index contributed by atoms with van der Waals surface area (Å²) in [5.74, 6) is 0.660. The maximum absolute atomic E-state index is 12.8. The Morgan fingerprint density at radius 2 is 1.48 bits per heavy atom. The first kappa shape index (κ1) is 31.9. The van der Waals surface area contributed by atoms with Crippen molar-refractivity contribution in [3.63, 3.8) is 0 Å². The lowest BCUT2D eigenvalue weighted by Crippen LogP contribution is -2.46. The van der Waals surface area contributed by atoms with E-state index in [0.717, 1.165) is 87.4 Å². The van der Waals surface area contributed by atoms with Crippen molar-refractivity contribution < 1.29 is 39.5 Å². The van der Waals surface area contributed by atoms with Gasteiger partial charge in [-0.15, -0.1) is 0 Å². The van der Waals surface area contributed by atoms with Gasteiger partial charge in [-0.05, 0) is 67.6 Å². The molecular weight excluding hydrogens is 610 g/mol. The average Bonchev–Trinajstić information content (AvgIpc) is 2.98. The van der Waals surface area contributed by atoms with Gasteiger partial charge in [0.05, 0.1) is 34.6 Å². The van der Waals surface area contributed by atoms with Crippen molar-refractivity contribution in [1.29, 1.82) is 0 Å². The fraction of sp³-hybridized carbons (Fsp3) is 0.433. The average molecular weight is 643 g/mol. The summed E-state index contributed by atoms with van der Waals surface area (Å²) >= 11 is 0. The molecule has 1 aliphatic heterocycles. The number of piperazine rings is 1. The Hall–Kier alpha value is -3.52. The number of alkyl halides is 6. The summed E-state index contributed by atoms with van der Waals surface area (Å²) < 4.78 is 106. The normalized spacial score (nSPS) is 20.4. The Morgan fingerprint density at radius 1 is 0.841 bits per heavy atom. The molecule has 1 aromatic heterocycles. The summed E-state index contributed by atoms with van der Waals surface area (Å²) in [5.41, 5.74) is -3.67. The van der Waals surface area contributed by atoms with Crippen LogP contribution in [0.4, 0.5) is 37.7 Å². The van der Waals surface area contributed by atoms with Gasteiger partial charge in [0.1, 0.15) is 5.75 Å². The molecule has 2 aliphatic rings. The van der Waals surface area contributed by atoms with Crippen molar-refractivity contribution in [2.75, 3.05) is 36.4 Å². The number of sulfone groups is 1. The third-order valence-corrected chi connectivity index (χ3v) is 9.44. The Bertz CT molecular complexity index is 1500. The van der Waals surface area contributed by atoms with Crippen LogP contribution in [0.25, 0.3) is 0 Å². The van der Waals surface area contributed by atoms with E-state index < -0.39 is 32.0 Å². The molecule has 0 atom stereocenters. The molecule has 44 heavy (non-hydrogen) atoms. The molecule has 0 spiro atoms. The van der Waals surface area contributed by atoms with E-state index in [1.165, 1.54) is 24.3 Å². The first-order valence-electron chi connectivity index (χ1n) is 14.2. The van der Waals surface area contributed by atoms with Crippen LogP contribution >= 0.6 is 0 Å². The molecule has 2 fully saturated rings. The van der Waals surface area contributed by atoms with Crippen molar-refractivity contribution >= 4 is 21.2 Å². The molecule has 7 nitrogen and oxygen atoms in total. The standard InChI is InChI=1S/C30H32F6N4O3S/c31-29(32,33)22-3-1-21(2-4-22)20-39-13-15-40(16-14-39)25-17-27(19-37-18-25)43-26-9-5-23(6-10-26)38-24-7-11-28(12-8-24)44(41,42)30(34,35)36/h1-4,7-8,11-12,17-19,23,26,38H,5-6,9-10,13-16,20H2. The summed E-state index contributed by atoms with van der Waals surface area (Å²) in [7, 11) is -5.38. The summed E-state index contributed by atoms with van der Waals surface area (Å²) in [6, 6.07) is 11.9. The Balaban J connectivity index is 1.07. The number of hydrogen-bond donors (Lipinski definition) is 1. The lowest BCUT2D eigenvalue weighted by Gasteiger charge is -2.36. The van der Waals surface area contributed by atoms with Crippen LogP contribution in [0.1, 0.15) is 36.8 Å². The largest absolute Gasteiger partial charge is 0.501 e. The number of halogens is 6. The zero-order chi connectivity index (χ0) is 31.5. The lowest BCUT2D eigenvalue weighted by atomic mass is 9.92. The third kappa shape index (κ3) is 7.76. The van der Waals surface area contributed by atoms with Crippen LogP contribution in [0.5, 0.6) is 5.75 Å². The molecule has 14 heteroatoms. The topological polar surface area (TPSA) is 74.8 Å². The first-order chi connectivity index (χ1) is 20.8. The van der Waals surface area contributed by atoms with Crippen LogP contribution in [0, 0.1) is 0 Å². The second kappa shape index (κ2) is 12.8. The van der Waals surface area contributed by atoms with Crippen molar-refractivity contribution in [3.05, 3.63) is 78.1 Å². The summed E-state index contributed by atoms with van der Waals surface area (Å²) in [4.78, 5) is 7.97. The number of benzene rings is 2. The van der Waals surface area contributed by atoms with Gasteiger partial charge in [0.15, 0.2) is 0 Å². The fourth-order valence-corrected chi connectivity index (χ4v) is 6.25. The van der Waals surface area contributed by atoms with E-state index in [1.54, 1.807) is 12.4 Å². The van der Waals surface area contributed by atoms with Gasteiger partial charge in [0.25, 0.3) is 9.84 Å². The van der Waals surface area contributed by atoms with Crippen LogP contribution in [-0.4, -0.2) is 62.1 Å². The minimum absolute atomic E-state index is 0.0232. The van der Waals surface area contributed by atoms with Gasteiger partial charge in [-0.1, -0.05) is 12.1 Å². The van der Waals surface area contributed by atoms with Crippen LogP contribution in [0.15, 0.2) is 71.9 Å². The van der Waals surface area contributed by atoms with Gasteiger partial charge in [0, 0.05) is 50.5 Å². The Kier molecular flexibility index (Phi) is 9.30. The van der Waals surface area contributed by atoms with Crippen LogP contribution < -0.4 is 15.0 Å². The van der Waals surface area contributed by atoms with Crippen molar-refractivity contribution in [3.8, 4) is 5.75 Å². The van der Waals surface area contributed by atoms with Crippen LogP contribution in [0.3, 0.4) is 0 Å². The Morgan fingerprint density at radius 3 is 2.07 bits per heavy atom. The number of nitrogens with zero attached hydrogens (tertiary/aromatic N) is 3. The Labute approximate surface area is 251 Å². The maximum Gasteiger partial charge on any atom is 0.501 e. The fourth-order valence-electron chi connectivity index (χ4n) is 5.48. The first-order valence-corrected chi connectivity index (χ1v) is 15.7. The zero-order valence-electron chi connectivity index (χ0n) is 23.6. The van der Waals surface area contributed by atoms with E-state index >= 15 is 0 Å². The van der Waals surface area contributed by atoms with Crippen LogP contribution in [0.2, 0.25) is 0 Å². The van der Waals surface area contributed by atoms with E-state index in [-0.39, 0.29) is 12.1 Å². The predicted molar refractivity (Wildman–Crippen MR) is 153 cm³/mol. The number of hydrogen-bond acceptors (Lipinski definition) is 7. The van der Waals surface area contributed by atoms with Gasteiger partial charge in [0.2, 0.25) is 0 Å². The van der Waals surface area contributed by atoms with Gasteiger partial charge in [-0.25, -0.2) is 8.42 Å². The SMILES string of the molecule is O=S(=O)(c1ccc(NC2CCC(Oc3cncc(N4CCN(Cc5ccc(C(F)(F)F)cc5)CC4)c3)CC2)cc1)C(F)(F)F. The quantitative estimate of drug-likeness (QED) is 0.281. The summed E-state index contributed by atoms with van der Waals surface area (Å²) in [6.07, 6.45) is 2.13. The number of ether oxygens (including phenoxy) is 1. The van der Waals surface area contributed by atoms with Crippen molar-refractivity contribution in [1.82, 2.24) is 9.88 Å². The molecule has 1 saturated heterocycles. The van der Waals surface area contributed by atoms with E-state index in [1.807, 2.05) is 6.07 Å². The third-order valence-electron chi connectivity index (χ3n) is 7.94. The maximum atomic E-state index is 12.8. The summed E-state index contributed by atoms with van der Waals surface area (Å²) in [5, 5.41) is 3.26. The number of aromatic nitrogens is 1. The molecule has 2 heterocycles. The molecule has 5 rings (SSSR count). The van der Waals surface area contributed by atoms with Crippen molar-refractivity contribution in [2.24, 2.45) is 0 Å². The van der Waals surface area contributed by atoms with Gasteiger partial charge in [-0.3, -0.25) is 9.88 Å². The van der Waals surface area contributed by atoms with Crippen molar-refractivity contribution in [2.45, 2.75) is 61.0 Å². The van der Waals surface area contributed by atoms with Gasteiger partial charge < -0.3 is 15.0 Å². The molecule has 0 amide bonds. The van der Waals surface area contributed by atoms with Gasteiger partial charge >= 0.3 is 11.7 Å². The van der Waals surface area contributed by atoms with E-state index in [4.69, 9.17) is 4.74 Å². The van der Waals surface area contributed by atoms with Crippen LogP contribution in [-0.2, 0) is 22.6 Å². The molecule has 1 saturated carbocycles. The molecule has 1 N–H and O–H groups in total. The molecule has 2 aromatic carbocycles. The molecular formula is C30H32F6N4O3S. The monoisotopic (exact) mass is 642 g/mol. The molecule has 0 radical (unpaired) electrons. The summed E-state index contributed by atoms with van der Waals surface area (Å²) in [6.45, 7) is 3.57. The minimum Gasteiger partial charge on any atom is -0.489 e. The second-order valence-electron chi connectivity index (χ2n) is 11.0. The molecule has 0 unspecified atom stereocenters. The number of pyridine rings is 1. The lowest BCUT2D eigenvalue weighted by molar-refractivity contribution is -0.137. The highest BCUT2D eigenvalue weighted by Crippen LogP contribution is 2.32. The molecule has 238 valence electrons. The van der Waals surface area contributed by atoms with E-state index in [0.29, 0.717) is 18.0 Å². The second-order valence-corrected chi connectivity index (χ2v) is 13.0. The number of nitrogens with one attached hydrogen (secondary N) is 1. The smallest absolute Gasteiger partial charge is 0.489 e. The zero-order valence-corrected chi connectivity index (χ0v) is 24.4. The molecule has 0 bridgehead atoms. The minimum atomic E-state index is -5.38. The van der Waals surface area contributed by atoms with E-state index in [2.05, 4.69) is 20.1 Å².